The molecule has 1 aromatic heterocycles. The highest BCUT2D eigenvalue weighted by Crippen LogP contribution is 2.24. The number of hydrogen-bond donors (Lipinski definition) is 1. The van der Waals surface area contributed by atoms with Gasteiger partial charge in [0.1, 0.15) is 10.8 Å². The fourth-order valence-electron chi connectivity index (χ4n) is 1.78. The predicted octanol–water partition coefficient (Wildman–Crippen LogP) is 2.94. The van der Waals surface area contributed by atoms with Crippen molar-refractivity contribution in [3.05, 3.63) is 34.7 Å². The minimum Gasteiger partial charge on any atom is -0.494 e. The Morgan fingerprint density at radius 1 is 1.25 bits per heavy atom. The third-order valence-electron chi connectivity index (χ3n) is 2.77. The average Bonchev–Trinajstić information content (AvgIpc) is 2.94. The molecule has 108 valence electrons. The van der Waals surface area contributed by atoms with Crippen molar-refractivity contribution in [1.82, 2.24) is 10.3 Å². The van der Waals surface area contributed by atoms with Gasteiger partial charge in [0, 0.05) is 31.1 Å². The van der Waals surface area contributed by atoms with E-state index < -0.39 is 0 Å². The van der Waals surface area contributed by atoms with Gasteiger partial charge in [0.2, 0.25) is 0 Å². The molecule has 0 saturated heterocycles. The fourth-order valence-corrected chi connectivity index (χ4v) is 2.56. The second-order valence-electron chi connectivity index (χ2n) is 4.25. The van der Waals surface area contributed by atoms with Crippen LogP contribution in [0.15, 0.2) is 29.6 Å². The quantitative estimate of drug-likeness (QED) is 0.760. The Morgan fingerprint density at radius 3 is 2.75 bits per heavy atom. The minimum absolute atomic E-state index is 0.688. The Morgan fingerprint density at radius 2 is 2.05 bits per heavy atom. The van der Waals surface area contributed by atoms with Crippen molar-refractivity contribution in [2.45, 2.75) is 13.5 Å². The lowest BCUT2D eigenvalue weighted by Gasteiger charge is -2.03. The molecule has 0 fully saturated rings. The first-order valence-corrected chi connectivity index (χ1v) is 7.58. The van der Waals surface area contributed by atoms with E-state index in [1.165, 1.54) is 0 Å². The lowest BCUT2D eigenvalue weighted by atomic mass is 10.2. The molecule has 0 atom stereocenters. The number of aromatic nitrogens is 1. The third kappa shape index (κ3) is 4.30. The first-order chi connectivity index (χ1) is 9.83. The van der Waals surface area contributed by atoms with Gasteiger partial charge in [0.05, 0.1) is 18.9 Å². The molecule has 0 aliphatic carbocycles. The van der Waals surface area contributed by atoms with Gasteiger partial charge in [0.25, 0.3) is 0 Å². The number of thiazole rings is 1. The number of hydrogen-bond acceptors (Lipinski definition) is 5. The average molecular weight is 292 g/mol. The van der Waals surface area contributed by atoms with Gasteiger partial charge in [-0.15, -0.1) is 11.3 Å². The Balaban J connectivity index is 1.93. The molecule has 1 aromatic carbocycles. The highest BCUT2D eigenvalue weighted by atomic mass is 32.1. The van der Waals surface area contributed by atoms with Gasteiger partial charge in [-0.2, -0.15) is 0 Å². The Labute approximate surface area is 123 Å². The number of nitrogens with one attached hydrogen (secondary N) is 1. The van der Waals surface area contributed by atoms with Crippen molar-refractivity contribution in [3.63, 3.8) is 0 Å². The molecule has 0 aliphatic rings. The number of ether oxygens (including phenoxy) is 2. The first kappa shape index (κ1) is 15.0. The summed E-state index contributed by atoms with van der Waals surface area (Å²) in [6.07, 6.45) is 0. The van der Waals surface area contributed by atoms with E-state index in [0.29, 0.717) is 6.61 Å². The summed E-state index contributed by atoms with van der Waals surface area (Å²) in [4.78, 5) is 4.63. The largest absolute Gasteiger partial charge is 0.494 e. The highest BCUT2D eigenvalue weighted by Gasteiger charge is 2.04. The van der Waals surface area contributed by atoms with Crippen LogP contribution in [0, 0.1) is 0 Å². The zero-order valence-corrected chi connectivity index (χ0v) is 12.7. The minimum atomic E-state index is 0.688. The molecular formula is C15H20N2O2S. The molecule has 20 heavy (non-hydrogen) atoms. The maximum absolute atomic E-state index is 5.44. The zero-order chi connectivity index (χ0) is 14.2. The Hall–Kier alpha value is -1.43. The molecule has 0 bridgehead atoms. The van der Waals surface area contributed by atoms with Gasteiger partial charge in [-0.25, -0.2) is 4.98 Å². The van der Waals surface area contributed by atoms with Gasteiger partial charge in [-0.3, -0.25) is 0 Å². The van der Waals surface area contributed by atoms with Crippen LogP contribution in [0.2, 0.25) is 0 Å². The van der Waals surface area contributed by atoms with Gasteiger partial charge < -0.3 is 14.8 Å². The van der Waals surface area contributed by atoms with Crippen molar-refractivity contribution in [2.24, 2.45) is 0 Å². The van der Waals surface area contributed by atoms with Crippen LogP contribution in [0.4, 0.5) is 0 Å². The van der Waals surface area contributed by atoms with E-state index in [2.05, 4.69) is 15.7 Å². The Kier molecular flexibility index (Phi) is 5.98. The second kappa shape index (κ2) is 7.99. The van der Waals surface area contributed by atoms with E-state index in [1.807, 2.05) is 31.2 Å². The summed E-state index contributed by atoms with van der Waals surface area (Å²) in [6.45, 7) is 5.02. The van der Waals surface area contributed by atoms with Crippen LogP contribution in [0.3, 0.4) is 0 Å². The fraction of sp³-hybridized carbons (Fsp3) is 0.400. The van der Waals surface area contributed by atoms with E-state index in [-0.39, 0.29) is 0 Å². The summed E-state index contributed by atoms with van der Waals surface area (Å²) in [5, 5.41) is 6.47. The molecule has 0 unspecified atom stereocenters. The summed E-state index contributed by atoms with van der Waals surface area (Å²) in [5.41, 5.74) is 2.13. The summed E-state index contributed by atoms with van der Waals surface area (Å²) >= 11 is 1.67. The van der Waals surface area contributed by atoms with Crippen molar-refractivity contribution in [3.8, 4) is 17.0 Å². The van der Waals surface area contributed by atoms with Crippen LogP contribution in [0.1, 0.15) is 11.9 Å². The predicted molar refractivity (Wildman–Crippen MR) is 82.3 cm³/mol. The van der Waals surface area contributed by atoms with Gasteiger partial charge >= 0.3 is 0 Å². The van der Waals surface area contributed by atoms with Crippen molar-refractivity contribution in [2.75, 3.05) is 26.9 Å². The van der Waals surface area contributed by atoms with Gasteiger partial charge in [-0.1, -0.05) is 0 Å². The molecule has 0 radical (unpaired) electrons. The molecule has 2 aromatic rings. The molecule has 0 amide bonds. The van der Waals surface area contributed by atoms with Crippen molar-refractivity contribution < 1.29 is 9.47 Å². The van der Waals surface area contributed by atoms with Crippen molar-refractivity contribution in [1.29, 1.82) is 0 Å². The highest BCUT2D eigenvalue weighted by molar-refractivity contribution is 7.09. The van der Waals surface area contributed by atoms with E-state index >= 15 is 0 Å². The maximum atomic E-state index is 5.44. The van der Waals surface area contributed by atoms with Crippen LogP contribution < -0.4 is 10.1 Å². The third-order valence-corrected chi connectivity index (χ3v) is 3.62. The van der Waals surface area contributed by atoms with E-state index in [9.17, 15) is 0 Å². The van der Waals surface area contributed by atoms with Gasteiger partial charge in [-0.05, 0) is 31.2 Å². The summed E-state index contributed by atoms with van der Waals surface area (Å²) in [7, 11) is 1.70. The smallest absolute Gasteiger partial charge is 0.119 e. The second-order valence-corrected chi connectivity index (χ2v) is 5.20. The van der Waals surface area contributed by atoms with Crippen LogP contribution in [0.5, 0.6) is 5.75 Å². The van der Waals surface area contributed by atoms with E-state index in [4.69, 9.17) is 9.47 Å². The molecule has 0 spiro atoms. The summed E-state index contributed by atoms with van der Waals surface area (Å²) in [6, 6.07) is 8.05. The van der Waals surface area contributed by atoms with Crippen molar-refractivity contribution >= 4 is 11.3 Å². The standard InChI is InChI=1S/C15H20N2O2S/c1-3-19-13-6-4-12(5-7-13)14-11-20-15(17-14)10-16-8-9-18-2/h4-7,11,16H,3,8-10H2,1-2H3. The van der Waals surface area contributed by atoms with E-state index in [0.717, 1.165) is 41.7 Å². The molecule has 1 N–H and O–H groups in total. The molecular weight excluding hydrogens is 272 g/mol. The maximum Gasteiger partial charge on any atom is 0.119 e. The van der Waals surface area contributed by atoms with Crippen LogP contribution in [-0.2, 0) is 11.3 Å². The van der Waals surface area contributed by atoms with Crippen LogP contribution in [0.25, 0.3) is 11.3 Å². The Bertz CT molecular complexity index is 511. The molecule has 1 heterocycles. The van der Waals surface area contributed by atoms with E-state index in [1.54, 1.807) is 18.4 Å². The molecule has 0 aliphatic heterocycles. The number of benzene rings is 1. The van der Waals surface area contributed by atoms with Crippen LogP contribution in [-0.4, -0.2) is 31.9 Å². The lowest BCUT2D eigenvalue weighted by molar-refractivity contribution is 0.199. The molecule has 4 nitrogen and oxygen atoms in total. The normalized spacial score (nSPS) is 10.7. The van der Waals surface area contributed by atoms with Crippen LogP contribution >= 0.6 is 11.3 Å². The molecule has 5 heteroatoms. The number of nitrogens with zero attached hydrogens (tertiary/aromatic N) is 1. The molecule has 0 saturated carbocycles. The first-order valence-electron chi connectivity index (χ1n) is 6.70. The summed E-state index contributed by atoms with van der Waals surface area (Å²) in [5.74, 6) is 0.896. The zero-order valence-electron chi connectivity index (χ0n) is 11.9. The monoisotopic (exact) mass is 292 g/mol. The lowest BCUT2D eigenvalue weighted by Crippen LogP contribution is -2.18. The van der Waals surface area contributed by atoms with Gasteiger partial charge in [0.15, 0.2) is 0 Å². The number of rotatable bonds is 8. The topological polar surface area (TPSA) is 43.4 Å². The summed E-state index contributed by atoms with van der Waals surface area (Å²) < 4.78 is 10.4. The number of methoxy groups -OCH3 is 1. The molecule has 2 rings (SSSR count). The SMILES string of the molecule is CCOc1ccc(-c2csc(CNCCOC)n2)cc1.